The van der Waals surface area contributed by atoms with Crippen LogP contribution >= 0.6 is 0 Å². The van der Waals surface area contributed by atoms with Gasteiger partial charge in [0.2, 0.25) is 10.0 Å². The predicted octanol–water partition coefficient (Wildman–Crippen LogP) is 0.649. The van der Waals surface area contributed by atoms with Crippen molar-refractivity contribution in [3.05, 3.63) is 48.0 Å². The highest BCUT2D eigenvalue weighted by Crippen LogP contribution is 2.27. The van der Waals surface area contributed by atoms with E-state index in [1.807, 2.05) is 6.07 Å². The van der Waals surface area contributed by atoms with Crippen LogP contribution < -0.4 is 25.2 Å². The molecule has 0 spiro atoms. The van der Waals surface area contributed by atoms with Gasteiger partial charge in [-0.3, -0.25) is 9.59 Å². The van der Waals surface area contributed by atoms with Crippen LogP contribution in [0, 0.1) is 0 Å². The first-order valence-electron chi connectivity index (χ1n) is 8.17. The van der Waals surface area contributed by atoms with Crippen LogP contribution in [0.3, 0.4) is 0 Å². The third-order valence-corrected chi connectivity index (χ3v) is 4.72. The minimum Gasteiger partial charge on any atom is -0.493 e. The molecule has 0 aliphatic rings. The van der Waals surface area contributed by atoms with Crippen LogP contribution in [-0.4, -0.2) is 41.0 Å². The molecule has 10 heteroatoms. The van der Waals surface area contributed by atoms with Crippen molar-refractivity contribution in [2.45, 2.75) is 11.3 Å². The van der Waals surface area contributed by atoms with Gasteiger partial charge in [-0.25, -0.2) is 13.6 Å². The van der Waals surface area contributed by atoms with Gasteiger partial charge in [-0.1, -0.05) is 6.07 Å². The Labute approximate surface area is 162 Å². The summed E-state index contributed by atoms with van der Waals surface area (Å²) in [6, 6.07) is 10.5. The number of primary sulfonamides is 1. The van der Waals surface area contributed by atoms with E-state index < -0.39 is 21.8 Å². The summed E-state index contributed by atoms with van der Waals surface area (Å²) >= 11 is 0. The largest absolute Gasteiger partial charge is 0.493 e. The molecule has 9 nitrogen and oxygen atoms in total. The summed E-state index contributed by atoms with van der Waals surface area (Å²) in [5.74, 6) is -0.498. The second kappa shape index (κ2) is 9.20. The SMILES string of the molecule is COc1ccc(CCNC(=O)C(=O)Nc2ccc(S(N)(=O)=O)cc2)cc1OC. The minimum absolute atomic E-state index is 0.0927. The molecule has 4 N–H and O–H groups in total. The van der Waals surface area contributed by atoms with E-state index in [-0.39, 0.29) is 17.1 Å². The fourth-order valence-electron chi connectivity index (χ4n) is 2.35. The molecular weight excluding hydrogens is 386 g/mol. The molecule has 0 aliphatic carbocycles. The number of methoxy groups -OCH3 is 2. The molecule has 0 unspecified atom stereocenters. The van der Waals surface area contributed by atoms with E-state index in [0.717, 1.165) is 5.56 Å². The van der Waals surface area contributed by atoms with Crippen LogP contribution in [0.1, 0.15) is 5.56 Å². The van der Waals surface area contributed by atoms with Gasteiger partial charge in [-0.05, 0) is 48.4 Å². The Bertz CT molecular complexity index is 958. The van der Waals surface area contributed by atoms with Crippen molar-refractivity contribution in [2.24, 2.45) is 5.14 Å². The second-order valence-electron chi connectivity index (χ2n) is 5.72. The van der Waals surface area contributed by atoms with Crippen molar-refractivity contribution in [2.75, 3.05) is 26.1 Å². The first kappa shape index (κ1) is 21.2. The van der Waals surface area contributed by atoms with Crippen LogP contribution in [0.4, 0.5) is 5.69 Å². The highest BCUT2D eigenvalue weighted by molar-refractivity contribution is 7.89. The molecule has 150 valence electrons. The second-order valence-corrected chi connectivity index (χ2v) is 7.28. The van der Waals surface area contributed by atoms with Crippen molar-refractivity contribution >= 4 is 27.5 Å². The minimum atomic E-state index is -3.82. The summed E-state index contributed by atoms with van der Waals surface area (Å²) < 4.78 is 32.8. The molecule has 0 bridgehead atoms. The molecule has 0 saturated carbocycles. The smallest absolute Gasteiger partial charge is 0.313 e. The Kier molecular flexibility index (Phi) is 6.96. The molecule has 0 radical (unpaired) electrons. The van der Waals surface area contributed by atoms with E-state index in [4.69, 9.17) is 14.6 Å². The van der Waals surface area contributed by atoms with Gasteiger partial charge in [0.05, 0.1) is 19.1 Å². The fraction of sp³-hybridized carbons (Fsp3) is 0.222. The highest BCUT2D eigenvalue weighted by Gasteiger charge is 2.14. The Hall–Kier alpha value is -3.11. The predicted molar refractivity (Wildman–Crippen MR) is 103 cm³/mol. The van der Waals surface area contributed by atoms with Gasteiger partial charge in [0, 0.05) is 12.2 Å². The lowest BCUT2D eigenvalue weighted by Gasteiger charge is -2.10. The Morgan fingerprint density at radius 3 is 2.18 bits per heavy atom. The number of ether oxygens (including phenoxy) is 2. The van der Waals surface area contributed by atoms with Crippen LogP contribution in [0.5, 0.6) is 11.5 Å². The summed E-state index contributed by atoms with van der Waals surface area (Å²) in [6.45, 7) is 0.242. The zero-order chi connectivity index (χ0) is 20.7. The van der Waals surface area contributed by atoms with Crippen molar-refractivity contribution in [3.63, 3.8) is 0 Å². The number of nitrogens with two attached hydrogens (primary N) is 1. The van der Waals surface area contributed by atoms with E-state index in [0.29, 0.717) is 17.9 Å². The van der Waals surface area contributed by atoms with Gasteiger partial charge >= 0.3 is 11.8 Å². The van der Waals surface area contributed by atoms with E-state index in [9.17, 15) is 18.0 Å². The zero-order valence-corrected chi connectivity index (χ0v) is 16.2. The molecule has 2 aromatic rings. The number of hydrogen-bond acceptors (Lipinski definition) is 6. The van der Waals surface area contributed by atoms with Crippen LogP contribution in [0.2, 0.25) is 0 Å². The van der Waals surface area contributed by atoms with Crippen molar-refractivity contribution in [1.29, 1.82) is 0 Å². The normalized spacial score (nSPS) is 10.8. The lowest BCUT2D eigenvalue weighted by Crippen LogP contribution is -2.36. The average molecular weight is 407 g/mol. The quantitative estimate of drug-likeness (QED) is 0.577. The lowest BCUT2D eigenvalue weighted by atomic mass is 10.1. The van der Waals surface area contributed by atoms with Gasteiger partial charge in [0.1, 0.15) is 0 Å². The standard InChI is InChI=1S/C18H21N3O6S/c1-26-15-8-3-12(11-16(15)27-2)9-10-20-17(22)18(23)21-13-4-6-14(7-5-13)28(19,24)25/h3-8,11H,9-10H2,1-2H3,(H,20,22)(H,21,23)(H2,19,24,25). The molecule has 0 fully saturated rings. The number of anilines is 1. The summed E-state index contributed by atoms with van der Waals surface area (Å²) in [5.41, 5.74) is 1.17. The maximum Gasteiger partial charge on any atom is 0.313 e. The van der Waals surface area contributed by atoms with Crippen molar-refractivity contribution < 1.29 is 27.5 Å². The number of nitrogens with one attached hydrogen (secondary N) is 2. The van der Waals surface area contributed by atoms with Gasteiger partial charge in [-0.2, -0.15) is 0 Å². The number of carbonyl (C=O) groups is 2. The van der Waals surface area contributed by atoms with E-state index in [2.05, 4.69) is 10.6 Å². The van der Waals surface area contributed by atoms with Crippen LogP contribution in [0.25, 0.3) is 0 Å². The summed E-state index contributed by atoms with van der Waals surface area (Å²) in [4.78, 5) is 23.7. The molecule has 0 aliphatic heterocycles. The van der Waals surface area contributed by atoms with Gasteiger partial charge < -0.3 is 20.1 Å². The summed E-state index contributed by atoms with van der Waals surface area (Å²) in [7, 11) is -0.750. The lowest BCUT2D eigenvalue weighted by molar-refractivity contribution is -0.136. The van der Waals surface area contributed by atoms with Gasteiger partial charge in [-0.15, -0.1) is 0 Å². The topological polar surface area (TPSA) is 137 Å². The number of rotatable bonds is 7. The molecule has 0 heterocycles. The average Bonchev–Trinajstić information content (AvgIpc) is 2.67. The Morgan fingerprint density at radius 2 is 1.61 bits per heavy atom. The third-order valence-electron chi connectivity index (χ3n) is 3.79. The maximum absolute atomic E-state index is 11.9. The van der Waals surface area contributed by atoms with E-state index in [1.165, 1.54) is 31.4 Å². The highest BCUT2D eigenvalue weighted by atomic mass is 32.2. The zero-order valence-electron chi connectivity index (χ0n) is 15.4. The first-order valence-corrected chi connectivity index (χ1v) is 9.72. The van der Waals surface area contributed by atoms with Crippen LogP contribution in [0.15, 0.2) is 47.4 Å². The van der Waals surface area contributed by atoms with Gasteiger partial charge in [0.25, 0.3) is 0 Å². The van der Waals surface area contributed by atoms with Crippen molar-refractivity contribution in [1.82, 2.24) is 5.32 Å². The third kappa shape index (κ3) is 5.69. The molecule has 2 rings (SSSR count). The summed E-state index contributed by atoms with van der Waals surface area (Å²) in [5, 5.41) is 9.89. The molecule has 0 aromatic heterocycles. The van der Waals surface area contributed by atoms with Gasteiger partial charge in [0.15, 0.2) is 11.5 Å². The molecule has 0 saturated heterocycles. The first-order chi connectivity index (χ1) is 13.2. The molecular formula is C18H21N3O6S. The summed E-state index contributed by atoms with van der Waals surface area (Å²) in [6.07, 6.45) is 0.489. The number of carbonyl (C=O) groups excluding carboxylic acids is 2. The number of hydrogen-bond donors (Lipinski definition) is 3. The Balaban J connectivity index is 1.87. The molecule has 0 atom stereocenters. The molecule has 2 aromatic carbocycles. The van der Waals surface area contributed by atoms with Crippen molar-refractivity contribution in [3.8, 4) is 11.5 Å². The monoisotopic (exact) mass is 407 g/mol. The number of sulfonamides is 1. The molecule has 2 amide bonds. The van der Waals surface area contributed by atoms with E-state index >= 15 is 0 Å². The fourth-order valence-corrected chi connectivity index (χ4v) is 2.87. The van der Waals surface area contributed by atoms with E-state index in [1.54, 1.807) is 19.2 Å². The maximum atomic E-state index is 11.9. The number of amides is 2. The molecule has 28 heavy (non-hydrogen) atoms. The Morgan fingerprint density at radius 1 is 0.964 bits per heavy atom. The van der Waals surface area contributed by atoms with Crippen LogP contribution in [-0.2, 0) is 26.0 Å². The number of benzene rings is 2.